The van der Waals surface area contributed by atoms with Crippen LogP contribution in [0.2, 0.25) is 0 Å². The Morgan fingerprint density at radius 2 is 1.47 bits per heavy atom. The van der Waals surface area contributed by atoms with Gasteiger partial charge in [-0.15, -0.1) is 0 Å². The average molecular weight is 541 g/mol. The molecule has 0 spiro atoms. The average Bonchev–Trinajstić information content (AvgIpc) is 2.81. The molecule has 36 heavy (non-hydrogen) atoms. The maximum absolute atomic E-state index is 13.4. The van der Waals surface area contributed by atoms with Crippen molar-refractivity contribution in [2.24, 2.45) is 0 Å². The molecule has 0 unspecified atom stereocenters. The van der Waals surface area contributed by atoms with Gasteiger partial charge in [-0.05, 0) is 49.5 Å². The Labute approximate surface area is 210 Å². The van der Waals surface area contributed by atoms with E-state index in [9.17, 15) is 26.4 Å². The second-order valence-electron chi connectivity index (χ2n) is 8.97. The van der Waals surface area contributed by atoms with Crippen LogP contribution in [0.25, 0.3) is 0 Å². The lowest BCUT2D eigenvalue weighted by atomic mass is 10.2. The number of nitrogens with zero attached hydrogens (tertiary/aromatic N) is 4. The second kappa shape index (κ2) is 10.3. The van der Waals surface area contributed by atoms with Crippen LogP contribution < -0.4 is 4.90 Å². The molecule has 0 aliphatic carbocycles. The number of ether oxygens (including phenoxy) is 1. The summed E-state index contributed by atoms with van der Waals surface area (Å²) in [7, 11) is -8.99. The minimum Gasteiger partial charge on any atom is -0.441 e. The van der Waals surface area contributed by atoms with Crippen LogP contribution in [0.4, 0.5) is 15.3 Å². The fourth-order valence-corrected chi connectivity index (χ4v) is 6.05. The van der Waals surface area contributed by atoms with Gasteiger partial charge in [0.25, 0.3) is 0 Å². The highest BCUT2D eigenvalue weighted by Gasteiger charge is 2.40. The molecule has 1 aromatic carbocycles. The normalized spacial score (nSPS) is 14.8. The molecule has 0 N–H and O–H groups in total. The van der Waals surface area contributed by atoms with Gasteiger partial charge in [-0.3, -0.25) is 9.82 Å². The molecule has 2 aromatic rings. The number of hydrogen-bond donors (Lipinski definition) is 0. The van der Waals surface area contributed by atoms with Crippen LogP contribution in [0.3, 0.4) is 0 Å². The van der Waals surface area contributed by atoms with Crippen LogP contribution in [0.5, 0.6) is 0 Å². The lowest BCUT2D eigenvalue weighted by Gasteiger charge is -2.36. The second-order valence-corrected chi connectivity index (χ2v) is 12.7. The van der Waals surface area contributed by atoms with Crippen molar-refractivity contribution < 1.29 is 36.0 Å². The summed E-state index contributed by atoms with van der Waals surface area (Å²) in [6.07, 6.45) is 1.53. The van der Waals surface area contributed by atoms with Gasteiger partial charge >= 0.3 is 22.2 Å². The molecule has 0 saturated carbocycles. The first-order chi connectivity index (χ1) is 16.7. The van der Waals surface area contributed by atoms with Crippen LogP contribution in [0.1, 0.15) is 20.8 Å². The van der Waals surface area contributed by atoms with Gasteiger partial charge in [0.15, 0.2) is 9.84 Å². The zero-order valence-corrected chi connectivity index (χ0v) is 22.0. The van der Waals surface area contributed by atoms with Crippen LogP contribution in [0, 0.1) is 0 Å². The maximum atomic E-state index is 13.4. The van der Waals surface area contributed by atoms with Crippen molar-refractivity contribution >= 4 is 37.7 Å². The van der Waals surface area contributed by atoms with E-state index < -0.39 is 47.4 Å². The molecule has 1 aliphatic heterocycles. The zero-order chi connectivity index (χ0) is 26.7. The number of rotatable bonds is 4. The summed E-state index contributed by atoms with van der Waals surface area (Å²) in [4.78, 5) is 36.8. The minimum absolute atomic E-state index is 0.184. The van der Waals surface area contributed by atoms with Crippen LogP contribution >= 0.6 is 0 Å². The number of anilines is 1. The van der Waals surface area contributed by atoms with E-state index in [1.165, 1.54) is 37.8 Å². The number of sulfone groups is 1. The number of aromatic nitrogens is 1. The highest BCUT2D eigenvalue weighted by atomic mass is 32.2. The summed E-state index contributed by atoms with van der Waals surface area (Å²) < 4.78 is 56.2. The Bertz CT molecular complexity index is 1320. The van der Waals surface area contributed by atoms with Crippen LogP contribution in [-0.2, 0) is 29.4 Å². The standard InChI is InChI=1S/C22H28N4O8S2/c1-22(2,3)33-21(28)26(36(31,32)19-8-6-5-7-18(19)35(4,29)30)34-20(27)25-15-13-24(14-16-25)17-9-11-23-12-10-17/h5-12H,13-16H2,1-4H3. The van der Waals surface area contributed by atoms with Gasteiger partial charge in [0.2, 0.25) is 0 Å². The van der Waals surface area contributed by atoms with Gasteiger partial charge in [-0.25, -0.2) is 18.0 Å². The molecule has 1 aliphatic rings. The number of carbonyl (C=O) groups excluding carboxylic acids is 2. The topological polar surface area (TPSA) is 143 Å². The first kappa shape index (κ1) is 27.2. The van der Waals surface area contributed by atoms with Gasteiger partial charge in [-0.2, -0.15) is 8.42 Å². The van der Waals surface area contributed by atoms with E-state index >= 15 is 0 Å². The summed E-state index contributed by atoms with van der Waals surface area (Å²) in [5, 5.41) is 0. The van der Waals surface area contributed by atoms with Crippen molar-refractivity contribution in [3.05, 3.63) is 48.8 Å². The molecule has 2 heterocycles. The van der Waals surface area contributed by atoms with Crippen molar-refractivity contribution in [1.29, 1.82) is 0 Å². The molecule has 1 fully saturated rings. The van der Waals surface area contributed by atoms with Gasteiger partial charge in [0.05, 0.1) is 4.90 Å². The third kappa shape index (κ3) is 6.43. The highest BCUT2D eigenvalue weighted by molar-refractivity contribution is 7.93. The summed E-state index contributed by atoms with van der Waals surface area (Å²) in [5.41, 5.74) is -0.225. The number of carbonyl (C=O) groups is 2. The summed E-state index contributed by atoms with van der Waals surface area (Å²) >= 11 is 0. The van der Waals surface area contributed by atoms with Gasteiger partial charge in [0, 0.05) is 50.5 Å². The summed E-state index contributed by atoms with van der Waals surface area (Å²) in [6, 6.07) is 8.35. The molecule has 0 radical (unpaired) electrons. The fourth-order valence-electron chi connectivity index (χ4n) is 3.37. The molecule has 0 atom stereocenters. The molecule has 1 aromatic heterocycles. The van der Waals surface area contributed by atoms with Crippen molar-refractivity contribution in [2.75, 3.05) is 37.3 Å². The highest BCUT2D eigenvalue weighted by Crippen LogP contribution is 2.26. The monoisotopic (exact) mass is 540 g/mol. The van der Waals surface area contributed by atoms with Crippen molar-refractivity contribution in [2.45, 2.75) is 36.2 Å². The predicted molar refractivity (Wildman–Crippen MR) is 129 cm³/mol. The lowest BCUT2D eigenvalue weighted by molar-refractivity contribution is -0.0579. The number of hydroxylamine groups is 1. The molecule has 0 bridgehead atoms. The molecule has 3 rings (SSSR count). The van der Waals surface area contributed by atoms with Crippen molar-refractivity contribution in [1.82, 2.24) is 14.4 Å². The van der Waals surface area contributed by atoms with E-state index in [4.69, 9.17) is 9.57 Å². The Balaban J connectivity index is 1.87. The number of sulfonamides is 1. The quantitative estimate of drug-likeness (QED) is 0.530. The van der Waals surface area contributed by atoms with Gasteiger partial charge in [0.1, 0.15) is 10.5 Å². The zero-order valence-electron chi connectivity index (χ0n) is 20.3. The first-order valence-corrected chi connectivity index (χ1v) is 14.2. The first-order valence-electron chi connectivity index (χ1n) is 10.9. The number of piperazine rings is 1. The third-order valence-electron chi connectivity index (χ3n) is 5.01. The van der Waals surface area contributed by atoms with E-state index in [0.717, 1.165) is 24.1 Å². The van der Waals surface area contributed by atoms with Crippen LogP contribution in [0.15, 0.2) is 58.6 Å². The maximum Gasteiger partial charge on any atom is 0.459 e. The summed E-state index contributed by atoms with van der Waals surface area (Å²) in [5.74, 6) is 0. The van der Waals surface area contributed by atoms with Gasteiger partial charge in [-0.1, -0.05) is 12.1 Å². The van der Waals surface area contributed by atoms with Gasteiger partial charge < -0.3 is 14.5 Å². The van der Waals surface area contributed by atoms with E-state index in [-0.39, 0.29) is 17.6 Å². The Hall–Kier alpha value is -3.39. The molecular weight excluding hydrogens is 512 g/mol. The molecule has 2 amide bonds. The van der Waals surface area contributed by atoms with Crippen molar-refractivity contribution in [3.63, 3.8) is 0 Å². The molecule has 1 saturated heterocycles. The third-order valence-corrected chi connectivity index (χ3v) is 7.87. The Morgan fingerprint density at radius 3 is 2.00 bits per heavy atom. The lowest BCUT2D eigenvalue weighted by Crippen LogP contribution is -2.51. The number of amides is 2. The number of benzene rings is 1. The SMILES string of the molecule is CC(C)(C)OC(=O)N(OC(=O)N1CCN(c2ccncc2)CC1)S(=O)(=O)c1ccccc1S(C)(=O)=O. The van der Waals surface area contributed by atoms with Crippen molar-refractivity contribution in [3.8, 4) is 0 Å². The molecular formula is C22H28N4O8S2. The predicted octanol–water partition coefficient (Wildman–Crippen LogP) is 2.28. The smallest absolute Gasteiger partial charge is 0.441 e. The Morgan fingerprint density at radius 1 is 0.917 bits per heavy atom. The summed E-state index contributed by atoms with van der Waals surface area (Å²) in [6.45, 7) is 5.72. The van der Waals surface area contributed by atoms with E-state index in [1.807, 2.05) is 17.0 Å². The fraction of sp³-hybridized carbons (Fsp3) is 0.409. The number of hydrogen-bond acceptors (Lipinski definition) is 10. The number of pyridine rings is 1. The molecule has 12 nitrogen and oxygen atoms in total. The van der Waals surface area contributed by atoms with Crippen LogP contribution in [-0.4, -0.2) is 81.4 Å². The van der Waals surface area contributed by atoms with E-state index in [0.29, 0.717) is 13.1 Å². The Kier molecular flexibility index (Phi) is 7.79. The molecule has 196 valence electrons. The van der Waals surface area contributed by atoms with E-state index in [1.54, 1.807) is 12.4 Å². The van der Waals surface area contributed by atoms with E-state index in [2.05, 4.69) is 4.98 Å². The largest absolute Gasteiger partial charge is 0.459 e. The minimum atomic E-state index is -4.98. The molecule has 14 heteroatoms.